The summed E-state index contributed by atoms with van der Waals surface area (Å²) in [4.78, 5) is 22.9. The number of carbonyl (C=O) groups is 2. The van der Waals surface area contributed by atoms with Gasteiger partial charge in [-0.1, -0.05) is 0 Å². The van der Waals surface area contributed by atoms with Gasteiger partial charge in [-0.25, -0.2) is 13.6 Å². The lowest BCUT2D eigenvalue weighted by atomic mass is 10.1. The summed E-state index contributed by atoms with van der Waals surface area (Å²) >= 11 is 0. The van der Waals surface area contributed by atoms with Crippen LogP contribution in [-0.2, 0) is 9.53 Å². The average Bonchev–Trinajstić information content (AvgIpc) is 2.40. The number of esters is 1. The van der Waals surface area contributed by atoms with Crippen LogP contribution in [0.2, 0.25) is 0 Å². The maximum Gasteiger partial charge on any atom is 0.328 e. The third kappa shape index (κ3) is 3.19. The van der Waals surface area contributed by atoms with Crippen molar-refractivity contribution in [2.45, 2.75) is 19.9 Å². The van der Waals surface area contributed by atoms with Crippen LogP contribution in [0.1, 0.15) is 24.2 Å². The number of halogens is 3. The van der Waals surface area contributed by atoms with Crippen LogP contribution in [-0.4, -0.2) is 29.6 Å². The maximum absolute atomic E-state index is 13.5. The molecule has 0 radical (unpaired) electrons. The van der Waals surface area contributed by atoms with E-state index in [4.69, 9.17) is 5.11 Å². The SMILES string of the molecule is CCOC(=O)C(C)NC(=O)c1cc(F)c(F)c(O)c1F. The minimum absolute atomic E-state index is 0.0827. The molecule has 0 spiro atoms. The lowest BCUT2D eigenvalue weighted by Gasteiger charge is -2.13. The summed E-state index contributed by atoms with van der Waals surface area (Å²) in [6.45, 7) is 2.91. The first-order chi connectivity index (χ1) is 9.29. The summed E-state index contributed by atoms with van der Waals surface area (Å²) in [6.07, 6.45) is 0. The van der Waals surface area contributed by atoms with E-state index in [0.717, 1.165) is 0 Å². The summed E-state index contributed by atoms with van der Waals surface area (Å²) in [6, 6.07) is -0.825. The molecule has 5 nitrogen and oxygen atoms in total. The second kappa shape index (κ2) is 6.27. The van der Waals surface area contributed by atoms with Gasteiger partial charge in [0.25, 0.3) is 5.91 Å². The van der Waals surface area contributed by atoms with Gasteiger partial charge in [0, 0.05) is 0 Å². The van der Waals surface area contributed by atoms with Crippen molar-refractivity contribution in [2.75, 3.05) is 6.61 Å². The highest BCUT2D eigenvalue weighted by atomic mass is 19.2. The Bertz CT molecular complexity index is 548. The van der Waals surface area contributed by atoms with E-state index < -0.39 is 46.7 Å². The van der Waals surface area contributed by atoms with Gasteiger partial charge in [0.05, 0.1) is 12.2 Å². The number of hydrogen-bond donors (Lipinski definition) is 2. The Hall–Kier alpha value is -2.25. The number of phenols is 1. The Morgan fingerprint density at radius 3 is 2.50 bits per heavy atom. The van der Waals surface area contributed by atoms with E-state index in [1.807, 2.05) is 5.32 Å². The second-order valence-corrected chi connectivity index (χ2v) is 3.83. The van der Waals surface area contributed by atoms with Crippen LogP contribution >= 0.6 is 0 Å². The number of hydrogen-bond acceptors (Lipinski definition) is 4. The molecule has 1 amide bonds. The minimum atomic E-state index is -1.79. The summed E-state index contributed by atoms with van der Waals surface area (Å²) in [5.41, 5.74) is -0.919. The van der Waals surface area contributed by atoms with Gasteiger partial charge >= 0.3 is 5.97 Å². The van der Waals surface area contributed by atoms with Crippen LogP contribution in [0.15, 0.2) is 6.07 Å². The van der Waals surface area contributed by atoms with Gasteiger partial charge in [0.15, 0.2) is 17.4 Å². The van der Waals surface area contributed by atoms with Gasteiger partial charge in [-0.2, -0.15) is 4.39 Å². The molecular formula is C12H12F3NO4. The lowest BCUT2D eigenvalue weighted by Crippen LogP contribution is -2.40. The zero-order valence-electron chi connectivity index (χ0n) is 10.7. The quantitative estimate of drug-likeness (QED) is 0.651. The Labute approximate surface area is 112 Å². The van der Waals surface area contributed by atoms with Crippen LogP contribution < -0.4 is 5.32 Å². The first-order valence-electron chi connectivity index (χ1n) is 5.63. The number of benzene rings is 1. The van der Waals surface area contributed by atoms with E-state index in [1.54, 1.807) is 6.92 Å². The Morgan fingerprint density at radius 2 is 1.95 bits per heavy atom. The van der Waals surface area contributed by atoms with Gasteiger partial charge in [0.1, 0.15) is 6.04 Å². The number of carbonyl (C=O) groups excluding carboxylic acids is 2. The predicted octanol–water partition coefficient (Wildman–Crippen LogP) is 1.49. The maximum atomic E-state index is 13.5. The number of phenolic OH excluding ortho intramolecular Hbond substituents is 1. The van der Waals surface area contributed by atoms with Gasteiger partial charge in [-0.05, 0) is 19.9 Å². The van der Waals surface area contributed by atoms with Crippen molar-refractivity contribution in [1.82, 2.24) is 5.32 Å². The zero-order valence-corrected chi connectivity index (χ0v) is 10.7. The molecule has 1 unspecified atom stereocenters. The molecule has 1 aromatic carbocycles. The summed E-state index contributed by atoms with van der Waals surface area (Å²) < 4.78 is 43.9. The normalized spacial score (nSPS) is 11.8. The first kappa shape index (κ1) is 15.8. The molecule has 1 atom stereocenters. The van der Waals surface area contributed by atoms with Crippen LogP contribution in [0.4, 0.5) is 13.2 Å². The van der Waals surface area contributed by atoms with E-state index in [2.05, 4.69) is 4.74 Å². The van der Waals surface area contributed by atoms with Crippen molar-refractivity contribution in [3.63, 3.8) is 0 Å². The summed E-state index contributed by atoms with van der Waals surface area (Å²) in [5, 5.41) is 11.0. The number of nitrogens with one attached hydrogen (secondary N) is 1. The summed E-state index contributed by atoms with van der Waals surface area (Å²) in [5.74, 6) is -8.54. The van der Waals surface area contributed by atoms with E-state index >= 15 is 0 Å². The molecule has 0 aromatic heterocycles. The molecule has 0 aliphatic carbocycles. The van der Waals surface area contributed by atoms with E-state index in [-0.39, 0.29) is 12.7 Å². The fraction of sp³-hybridized carbons (Fsp3) is 0.333. The van der Waals surface area contributed by atoms with E-state index in [9.17, 15) is 22.8 Å². The molecule has 0 saturated heterocycles. The van der Waals surface area contributed by atoms with E-state index in [0.29, 0.717) is 0 Å². The number of rotatable bonds is 4. The average molecular weight is 291 g/mol. The topological polar surface area (TPSA) is 75.6 Å². The standard InChI is InChI=1S/C12H12F3NO4/c1-3-20-12(19)5(2)16-11(18)6-4-7(13)9(15)10(17)8(6)14/h4-5,17H,3H2,1-2H3,(H,16,18). The Balaban J connectivity index is 2.97. The molecule has 0 fully saturated rings. The third-order valence-corrected chi connectivity index (χ3v) is 2.37. The van der Waals surface area contributed by atoms with Crippen LogP contribution in [0, 0.1) is 17.5 Å². The monoisotopic (exact) mass is 291 g/mol. The fourth-order valence-corrected chi connectivity index (χ4v) is 1.36. The lowest BCUT2D eigenvalue weighted by molar-refractivity contribution is -0.144. The fourth-order valence-electron chi connectivity index (χ4n) is 1.36. The second-order valence-electron chi connectivity index (χ2n) is 3.83. The van der Waals surface area contributed by atoms with Crippen molar-refractivity contribution in [3.05, 3.63) is 29.1 Å². The predicted molar refractivity (Wildman–Crippen MR) is 61.5 cm³/mol. The number of aromatic hydroxyl groups is 1. The minimum Gasteiger partial charge on any atom is -0.503 e. The van der Waals surface area contributed by atoms with Crippen molar-refractivity contribution in [1.29, 1.82) is 0 Å². The number of ether oxygens (including phenoxy) is 1. The molecule has 110 valence electrons. The molecule has 0 bridgehead atoms. The molecule has 20 heavy (non-hydrogen) atoms. The van der Waals surface area contributed by atoms with Gasteiger partial charge in [-0.3, -0.25) is 4.79 Å². The van der Waals surface area contributed by atoms with Crippen LogP contribution in [0.5, 0.6) is 5.75 Å². The summed E-state index contributed by atoms with van der Waals surface area (Å²) in [7, 11) is 0. The largest absolute Gasteiger partial charge is 0.503 e. The molecule has 2 N–H and O–H groups in total. The third-order valence-electron chi connectivity index (χ3n) is 2.37. The molecule has 0 saturated carbocycles. The molecule has 1 rings (SSSR count). The molecule has 1 aromatic rings. The smallest absolute Gasteiger partial charge is 0.328 e. The molecule has 0 aliphatic rings. The van der Waals surface area contributed by atoms with Crippen molar-refractivity contribution in [2.24, 2.45) is 0 Å². The highest BCUT2D eigenvalue weighted by Gasteiger charge is 2.25. The molecule has 8 heteroatoms. The highest BCUT2D eigenvalue weighted by Crippen LogP contribution is 2.25. The van der Waals surface area contributed by atoms with Gasteiger partial charge in [-0.15, -0.1) is 0 Å². The van der Waals surface area contributed by atoms with Crippen LogP contribution in [0.3, 0.4) is 0 Å². The van der Waals surface area contributed by atoms with Crippen molar-refractivity contribution in [3.8, 4) is 5.75 Å². The molecule has 0 heterocycles. The molecule has 0 aliphatic heterocycles. The number of amides is 1. The Morgan fingerprint density at radius 1 is 1.35 bits per heavy atom. The van der Waals surface area contributed by atoms with Crippen molar-refractivity contribution < 1.29 is 32.6 Å². The van der Waals surface area contributed by atoms with Crippen LogP contribution in [0.25, 0.3) is 0 Å². The first-order valence-corrected chi connectivity index (χ1v) is 5.63. The highest BCUT2D eigenvalue weighted by molar-refractivity contribution is 5.97. The van der Waals surface area contributed by atoms with E-state index in [1.165, 1.54) is 6.92 Å². The molecular weight excluding hydrogens is 279 g/mol. The zero-order chi connectivity index (χ0) is 15.4. The Kier molecular flexibility index (Phi) is 4.95. The van der Waals surface area contributed by atoms with Gasteiger partial charge < -0.3 is 15.2 Å². The van der Waals surface area contributed by atoms with Gasteiger partial charge in [0.2, 0.25) is 5.82 Å². The van der Waals surface area contributed by atoms with Crippen molar-refractivity contribution >= 4 is 11.9 Å².